The van der Waals surface area contributed by atoms with E-state index in [0.717, 1.165) is 5.56 Å². The van der Waals surface area contributed by atoms with Gasteiger partial charge in [0.1, 0.15) is 11.5 Å². The molecular formula is C24H20ClN3O4. The summed E-state index contributed by atoms with van der Waals surface area (Å²) in [6, 6.07) is 11.0. The zero-order valence-corrected chi connectivity index (χ0v) is 18.0. The van der Waals surface area contributed by atoms with Crippen molar-refractivity contribution in [3.05, 3.63) is 94.5 Å². The van der Waals surface area contributed by atoms with Gasteiger partial charge in [-0.3, -0.25) is 19.6 Å². The summed E-state index contributed by atoms with van der Waals surface area (Å²) in [5.41, 5.74) is 1.57. The fourth-order valence-electron chi connectivity index (χ4n) is 3.71. The Morgan fingerprint density at radius 2 is 1.91 bits per heavy atom. The molecule has 3 aromatic rings. The maximum atomic E-state index is 13.1. The van der Waals surface area contributed by atoms with E-state index in [4.69, 9.17) is 16.3 Å². The summed E-state index contributed by atoms with van der Waals surface area (Å²) in [5.74, 6) is -1.37. The van der Waals surface area contributed by atoms with Crippen LogP contribution in [-0.2, 0) is 16.1 Å². The molecule has 1 unspecified atom stereocenters. The van der Waals surface area contributed by atoms with Gasteiger partial charge in [-0.05, 0) is 54.4 Å². The quantitative estimate of drug-likeness (QED) is 0.345. The molecule has 0 saturated carbocycles. The van der Waals surface area contributed by atoms with Crippen LogP contribution >= 0.6 is 11.6 Å². The lowest BCUT2D eigenvalue weighted by Crippen LogP contribution is -2.29. The molecule has 1 aromatic carbocycles. The Balaban J connectivity index is 1.87. The van der Waals surface area contributed by atoms with Gasteiger partial charge in [0, 0.05) is 36.9 Å². The number of halogens is 1. The first kappa shape index (κ1) is 21.5. The van der Waals surface area contributed by atoms with Gasteiger partial charge in [-0.15, -0.1) is 0 Å². The second kappa shape index (κ2) is 9.20. The number of hydrogen-bond acceptors (Lipinski definition) is 6. The van der Waals surface area contributed by atoms with Crippen LogP contribution in [0.25, 0.3) is 5.76 Å². The van der Waals surface area contributed by atoms with Crippen LogP contribution in [0.1, 0.15) is 29.7 Å². The van der Waals surface area contributed by atoms with Crippen molar-refractivity contribution in [2.24, 2.45) is 0 Å². The standard InChI is InChI=1S/C24H20ClN3O4/c1-2-32-17-5-6-19(25)18(12-17)22(29)20-21(16-7-10-26-11-8-16)28(24(31)23(20)30)14-15-4-3-9-27-13-15/h3-13,21,29H,2,14H2,1H3/b22-20+. The lowest BCUT2D eigenvalue weighted by Gasteiger charge is -2.25. The lowest BCUT2D eigenvalue weighted by atomic mass is 9.95. The molecule has 8 heteroatoms. The maximum Gasteiger partial charge on any atom is 0.295 e. The number of nitrogens with zero attached hydrogens (tertiary/aromatic N) is 3. The largest absolute Gasteiger partial charge is 0.507 e. The number of benzene rings is 1. The van der Waals surface area contributed by atoms with E-state index in [9.17, 15) is 14.7 Å². The van der Waals surface area contributed by atoms with Gasteiger partial charge in [0.05, 0.1) is 23.2 Å². The number of aliphatic hydroxyl groups excluding tert-OH is 1. The van der Waals surface area contributed by atoms with Gasteiger partial charge in [0.25, 0.3) is 11.7 Å². The van der Waals surface area contributed by atoms with E-state index in [-0.39, 0.29) is 28.5 Å². The molecule has 0 bridgehead atoms. The van der Waals surface area contributed by atoms with Crippen molar-refractivity contribution in [1.82, 2.24) is 14.9 Å². The predicted octanol–water partition coefficient (Wildman–Crippen LogP) is 4.15. The molecule has 2 aromatic heterocycles. The van der Waals surface area contributed by atoms with Crippen molar-refractivity contribution in [2.75, 3.05) is 6.61 Å². The van der Waals surface area contributed by atoms with Gasteiger partial charge in [-0.1, -0.05) is 17.7 Å². The van der Waals surface area contributed by atoms with Crippen LogP contribution in [0.3, 0.4) is 0 Å². The number of ketones is 1. The van der Waals surface area contributed by atoms with E-state index in [1.54, 1.807) is 61.2 Å². The van der Waals surface area contributed by atoms with E-state index < -0.39 is 17.7 Å². The van der Waals surface area contributed by atoms with Crippen LogP contribution in [-0.4, -0.2) is 38.3 Å². The van der Waals surface area contributed by atoms with Crippen molar-refractivity contribution in [2.45, 2.75) is 19.5 Å². The fraction of sp³-hybridized carbons (Fsp3) is 0.167. The lowest BCUT2D eigenvalue weighted by molar-refractivity contribution is -0.140. The molecule has 162 valence electrons. The number of aromatic nitrogens is 2. The number of aliphatic hydroxyl groups is 1. The van der Waals surface area contributed by atoms with Crippen LogP contribution in [0.5, 0.6) is 5.75 Å². The third kappa shape index (κ3) is 4.07. The number of carbonyl (C=O) groups excluding carboxylic acids is 2. The molecule has 7 nitrogen and oxygen atoms in total. The van der Waals surface area contributed by atoms with Crippen molar-refractivity contribution in [3.63, 3.8) is 0 Å². The number of rotatable bonds is 6. The van der Waals surface area contributed by atoms with Gasteiger partial charge in [0.2, 0.25) is 0 Å². The summed E-state index contributed by atoms with van der Waals surface area (Å²) < 4.78 is 5.50. The summed E-state index contributed by atoms with van der Waals surface area (Å²) in [6.07, 6.45) is 6.40. The Hall–Kier alpha value is -3.71. The maximum absolute atomic E-state index is 13.1. The zero-order chi connectivity index (χ0) is 22.7. The molecule has 1 aliphatic heterocycles. The molecule has 0 aliphatic carbocycles. The molecule has 0 spiro atoms. The second-order valence-electron chi connectivity index (χ2n) is 7.14. The molecule has 1 saturated heterocycles. The molecular weight excluding hydrogens is 430 g/mol. The summed E-state index contributed by atoms with van der Waals surface area (Å²) >= 11 is 6.34. The Kier molecular flexibility index (Phi) is 6.18. The highest BCUT2D eigenvalue weighted by atomic mass is 35.5. The van der Waals surface area contributed by atoms with Crippen molar-refractivity contribution < 1.29 is 19.4 Å². The molecule has 0 radical (unpaired) electrons. The van der Waals surface area contributed by atoms with Crippen molar-refractivity contribution in [1.29, 1.82) is 0 Å². The highest BCUT2D eigenvalue weighted by molar-refractivity contribution is 6.47. The summed E-state index contributed by atoms with van der Waals surface area (Å²) in [6.45, 7) is 2.41. The molecule has 3 heterocycles. The first-order chi connectivity index (χ1) is 15.5. The van der Waals surface area contributed by atoms with Gasteiger partial charge in [0.15, 0.2) is 0 Å². The first-order valence-corrected chi connectivity index (χ1v) is 10.4. The van der Waals surface area contributed by atoms with Crippen LogP contribution in [0.15, 0.2) is 72.8 Å². The number of carbonyl (C=O) groups is 2. The Morgan fingerprint density at radius 1 is 1.12 bits per heavy atom. The Morgan fingerprint density at radius 3 is 2.59 bits per heavy atom. The van der Waals surface area contributed by atoms with Crippen LogP contribution in [0.2, 0.25) is 5.02 Å². The number of hydrogen-bond donors (Lipinski definition) is 1. The predicted molar refractivity (Wildman–Crippen MR) is 119 cm³/mol. The second-order valence-corrected chi connectivity index (χ2v) is 7.55. The number of likely N-dealkylation sites (tertiary alicyclic amines) is 1. The summed E-state index contributed by atoms with van der Waals surface area (Å²) in [5, 5.41) is 11.4. The highest BCUT2D eigenvalue weighted by Gasteiger charge is 2.46. The molecule has 32 heavy (non-hydrogen) atoms. The molecule has 1 amide bonds. The topological polar surface area (TPSA) is 92.6 Å². The van der Waals surface area contributed by atoms with E-state index in [1.807, 2.05) is 13.0 Å². The first-order valence-electron chi connectivity index (χ1n) is 10.0. The molecule has 1 aliphatic rings. The third-order valence-electron chi connectivity index (χ3n) is 5.14. The van der Waals surface area contributed by atoms with Gasteiger partial charge in [-0.2, -0.15) is 0 Å². The number of Topliss-reactive ketones (excluding diaryl/α,β-unsaturated/α-hetero) is 1. The Labute approximate surface area is 190 Å². The third-order valence-corrected chi connectivity index (χ3v) is 5.47. The van der Waals surface area contributed by atoms with Crippen molar-refractivity contribution >= 4 is 29.1 Å². The van der Waals surface area contributed by atoms with E-state index in [0.29, 0.717) is 17.9 Å². The minimum Gasteiger partial charge on any atom is -0.507 e. The highest BCUT2D eigenvalue weighted by Crippen LogP contribution is 2.41. The van der Waals surface area contributed by atoms with Crippen LogP contribution < -0.4 is 4.74 Å². The minimum absolute atomic E-state index is 0.0411. The normalized spacial score (nSPS) is 17.6. The summed E-state index contributed by atoms with van der Waals surface area (Å²) in [7, 11) is 0. The van der Waals surface area contributed by atoms with E-state index >= 15 is 0 Å². The van der Waals surface area contributed by atoms with E-state index in [2.05, 4.69) is 9.97 Å². The average molecular weight is 450 g/mol. The van der Waals surface area contributed by atoms with Crippen LogP contribution in [0.4, 0.5) is 0 Å². The van der Waals surface area contributed by atoms with Crippen molar-refractivity contribution in [3.8, 4) is 5.75 Å². The SMILES string of the molecule is CCOc1ccc(Cl)c(/C(O)=C2\C(=O)C(=O)N(Cc3cccnc3)C2c2ccncc2)c1. The van der Waals surface area contributed by atoms with Gasteiger partial charge < -0.3 is 14.7 Å². The molecule has 4 rings (SSSR count). The molecule has 1 N–H and O–H groups in total. The molecule has 1 fully saturated rings. The number of ether oxygens (including phenoxy) is 1. The smallest absolute Gasteiger partial charge is 0.295 e. The Bertz CT molecular complexity index is 1180. The van der Waals surface area contributed by atoms with Gasteiger partial charge >= 0.3 is 0 Å². The fourth-order valence-corrected chi connectivity index (χ4v) is 3.92. The van der Waals surface area contributed by atoms with E-state index in [1.165, 1.54) is 4.90 Å². The average Bonchev–Trinajstić information content (AvgIpc) is 3.06. The number of pyridine rings is 2. The number of amides is 1. The minimum atomic E-state index is -0.815. The van der Waals surface area contributed by atoms with Crippen LogP contribution in [0, 0.1) is 0 Å². The summed E-state index contributed by atoms with van der Waals surface area (Å²) in [4.78, 5) is 35.7. The molecule has 1 atom stereocenters. The van der Waals surface area contributed by atoms with Gasteiger partial charge in [-0.25, -0.2) is 0 Å². The monoisotopic (exact) mass is 449 g/mol. The zero-order valence-electron chi connectivity index (χ0n) is 17.2.